The minimum absolute atomic E-state index is 0. The monoisotopic (exact) mass is 308 g/mol. The third-order valence-corrected chi connectivity index (χ3v) is 2.35. The van der Waals surface area contributed by atoms with E-state index in [1.54, 1.807) is 0 Å². The molecule has 19 heavy (non-hydrogen) atoms. The maximum atomic E-state index is 8.63. The van der Waals surface area contributed by atoms with Gasteiger partial charge in [0.25, 0.3) is 0 Å². The molecule has 0 atom stereocenters. The van der Waals surface area contributed by atoms with Gasteiger partial charge in [-0.15, -0.1) is 0 Å². The van der Waals surface area contributed by atoms with Gasteiger partial charge in [0.1, 0.15) is 12.4 Å². The van der Waals surface area contributed by atoms with Gasteiger partial charge in [-0.1, -0.05) is 12.1 Å². The molecule has 0 aliphatic rings. The van der Waals surface area contributed by atoms with E-state index in [1.165, 1.54) is 5.56 Å². The van der Waals surface area contributed by atoms with Gasteiger partial charge in [-0.05, 0) is 31.8 Å². The average Bonchev–Trinajstić information content (AvgIpc) is 2.33. The first kappa shape index (κ1) is 20.8. The van der Waals surface area contributed by atoms with Crippen LogP contribution in [0.25, 0.3) is 0 Å². The number of benzene rings is 1. The molecule has 1 aromatic rings. The minimum atomic E-state index is 0. The predicted molar refractivity (Wildman–Crippen MR) is 69.3 cm³/mol. The standard InChI is InChI=1S/C13H22N2O2.2ClH/c1-15(2)8-7-14-11-12-3-5-13(6-4-12)17-10-9-16;;/h3-6,14,16H,7-11H2,1-2H3;2*1H/p-2. The number of aliphatic hydroxyl groups excluding tert-OH is 1. The van der Waals surface area contributed by atoms with Crippen LogP contribution in [0.5, 0.6) is 5.75 Å². The Bertz CT molecular complexity index is 308. The summed E-state index contributed by atoms with van der Waals surface area (Å²) < 4.78 is 5.29. The highest BCUT2D eigenvalue weighted by Gasteiger charge is 1.96. The molecule has 0 heterocycles. The van der Waals surface area contributed by atoms with E-state index in [1.807, 2.05) is 24.3 Å². The van der Waals surface area contributed by atoms with E-state index in [2.05, 4.69) is 24.3 Å². The number of hydrogen-bond donors (Lipinski definition) is 2. The smallest absolute Gasteiger partial charge is 0.119 e. The van der Waals surface area contributed by atoms with Crippen molar-refractivity contribution >= 4 is 0 Å². The Labute approximate surface area is 128 Å². The van der Waals surface area contributed by atoms with Crippen molar-refractivity contribution in [1.82, 2.24) is 10.2 Å². The summed E-state index contributed by atoms with van der Waals surface area (Å²) in [6.07, 6.45) is 0. The Morgan fingerprint density at radius 1 is 1.16 bits per heavy atom. The van der Waals surface area contributed by atoms with Crippen molar-refractivity contribution in [2.24, 2.45) is 0 Å². The molecule has 0 radical (unpaired) electrons. The fourth-order valence-corrected chi connectivity index (χ4v) is 1.40. The van der Waals surface area contributed by atoms with E-state index in [4.69, 9.17) is 9.84 Å². The molecule has 0 aromatic heterocycles. The molecule has 6 heteroatoms. The number of nitrogens with zero attached hydrogens (tertiary/aromatic N) is 1. The summed E-state index contributed by atoms with van der Waals surface area (Å²) >= 11 is 0. The molecule has 0 spiro atoms. The zero-order chi connectivity index (χ0) is 12.5. The molecule has 2 N–H and O–H groups in total. The summed E-state index contributed by atoms with van der Waals surface area (Å²) in [5.41, 5.74) is 1.24. The molecule has 1 rings (SSSR count). The Kier molecular flexibility index (Phi) is 13.7. The van der Waals surface area contributed by atoms with Gasteiger partial charge < -0.3 is 44.9 Å². The predicted octanol–water partition coefficient (Wildman–Crippen LogP) is -5.28. The topological polar surface area (TPSA) is 44.7 Å². The summed E-state index contributed by atoms with van der Waals surface area (Å²) in [6, 6.07) is 7.93. The third kappa shape index (κ3) is 9.99. The molecule has 0 aliphatic carbocycles. The highest BCUT2D eigenvalue weighted by molar-refractivity contribution is 5.27. The van der Waals surface area contributed by atoms with E-state index in [-0.39, 0.29) is 31.4 Å². The molecule has 4 nitrogen and oxygen atoms in total. The fourth-order valence-electron chi connectivity index (χ4n) is 1.40. The molecule has 0 unspecified atom stereocenters. The lowest BCUT2D eigenvalue weighted by molar-refractivity contribution is -0.001000. The quantitative estimate of drug-likeness (QED) is 0.471. The first-order chi connectivity index (χ1) is 8.22. The van der Waals surface area contributed by atoms with E-state index in [0.29, 0.717) is 6.61 Å². The maximum absolute atomic E-state index is 8.63. The van der Waals surface area contributed by atoms with Crippen LogP contribution in [0.2, 0.25) is 0 Å². The van der Waals surface area contributed by atoms with Crippen LogP contribution in [0.15, 0.2) is 24.3 Å². The van der Waals surface area contributed by atoms with Crippen molar-refractivity contribution in [3.05, 3.63) is 29.8 Å². The molecule has 112 valence electrons. The van der Waals surface area contributed by atoms with E-state index in [0.717, 1.165) is 25.4 Å². The Balaban J connectivity index is 0. The molecule has 0 bridgehead atoms. The zero-order valence-corrected chi connectivity index (χ0v) is 12.9. The van der Waals surface area contributed by atoms with Crippen molar-refractivity contribution < 1.29 is 34.7 Å². The molecule has 0 fully saturated rings. The number of rotatable bonds is 8. The van der Waals surface area contributed by atoms with Crippen molar-refractivity contribution in [3.8, 4) is 5.75 Å². The number of hydrogen-bond acceptors (Lipinski definition) is 4. The van der Waals surface area contributed by atoms with Gasteiger partial charge in [0, 0.05) is 19.6 Å². The van der Waals surface area contributed by atoms with Crippen LogP contribution in [0.3, 0.4) is 0 Å². The Morgan fingerprint density at radius 2 is 1.79 bits per heavy atom. The van der Waals surface area contributed by atoms with Gasteiger partial charge in [-0.3, -0.25) is 0 Å². The Morgan fingerprint density at radius 3 is 2.32 bits per heavy atom. The minimum Gasteiger partial charge on any atom is -1.00 e. The number of ether oxygens (including phenoxy) is 1. The van der Waals surface area contributed by atoms with Gasteiger partial charge in [-0.2, -0.15) is 0 Å². The first-order valence-electron chi connectivity index (χ1n) is 5.90. The second kappa shape index (κ2) is 12.5. The molecule has 0 amide bonds. The lowest BCUT2D eigenvalue weighted by Crippen LogP contribution is -3.00. The molecular weight excluding hydrogens is 287 g/mol. The summed E-state index contributed by atoms with van der Waals surface area (Å²) in [5.74, 6) is 0.802. The number of nitrogens with one attached hydrogen (secondary N) is 1. The number of likely N-dealkylation sites (N-methyl/N-ethyl adjacent to an activating group) is 1. The summed E-state index contributed by atoms with van der Waals surface area (Å²) in [4.78, 5) is 2.15. The second-order valence-corrected chi connectivity index (χ2v) is 4.20. The van der Waals surface area contributed by atoms with Crippen LogP contribution < -0.4 is 34.9 Å². The average molecular weight is 309 g/mol. The van der Waals surface area contributed by atoms with Crippen molar-refractivity contribution in [2.45, 2.75) is 6.54 Å². The van der Waals surface area contributed by atoms with E-state index >= 15 is 0 Å². The van der Waals surface area contributed by atoms with E-state index < -0.39 is 0 Å². The molecule has 0 saturated heterocycles. The van der Waals surface area contributed by atoms with Crippen LogP contribution in [-0.2, 0) is 6.54 Å². The van der Waals surface area contributed by atoms with Gasteiger partial charge in [0.2, 0.25) is 0 Å². The van der Waals surface area contributed by atoms with Gasteiger partial charge in [0.05, 0.1) is 6.61 Å². The molecular formula is C13H22Cl2N2O2-2. The van der Waals surface area contributed by atoms with Gasteiger partial charge in [0.15, 0.2) is 0 Å². The van der Waals surface area contributed by atoms with Crippen LogP contribution in [-0.4, -0.2) is 50.4 Å². The van der Waals surface area contributed by atoms with Crippen molar-refractivity contribution in [2.75, 3.05) is 40.4 Å². The summed E-state index contributed by atoms with van der Waals surface area (Å²) in [5, 5.41) is 12.0. The molecule has 1 aromatic carbocycles. The maximum Gasteiger partial charge on any atom is 0.119 e. The van der Waals surface area contributed by atoms with Crippen LogP contribution >= 0.6 is 0 Å². The third-order valence-electron chi connectivity index (χ3n) is 2.35. The van der Waals surface area contributed by atoms with Crippen LogP contribution in [0.1, 0.15) is 5.56 Å². The molecule has 0 aliphatic heterocycles. The normalized spacial score (nSPS) is 9.68. The first-order valence-corrected chi connectivity index (χ1v) is 5.90. The SMILES string of the molecule is CN(C)CCNCc1ccc(OCCO)cc1.[Cl-].[Cl-]. The fraction of sp³-hybridized carbons (Fsp3) is 0.538. The Hall–Kier alpha value is -0.520. The highest BCUT2D eigenvalue weighted by Crippen LogP contribution is 2.11. The van der Waals surface area contributed by atoms with Crippen molar-refractivity contribution in [3.63, 3.8) is 0 Å². The largest absolute Gasteiger partial charge is 1.00 e. The lowest BCUT2D eigenvalue weighted by Gasteiger charge is -2.10. The summed E-state index contributed by atoms with van der Waals surface area (Å²) in [7, 11) is 4.13. The van der Waals surface area contributed by atoms with E-state index in [9.17, 15) is 0 Å². The van der Waals surface area contributed by atoms with Gasteiger partial charge >= 0.3 is 0 Å². The molecule has 0 saturated carbocycles. The second-order valence-electron chi connectivity index (χ2n) is 4.20. The lowest BCUT2D eigenvalue weighted by atomic mass is 10.2. The summed E-state index contributed by atoms with van der Waals surface area (Å²) in [6.45, 7) is 3.29. The van der Waals surface area contributed by atoms with Crippen LogP contribution in [0, 0.1) is 0 Å². The number of halogens is 2. The van der Waals surface area contributed by atoms with Crippen LogP contribution in [0.4, 0.5) is 0 Å². The number of aliphatic hydroxyl groups is 1. The van der Waals surface area contributed by atoms with Crippen molar-refractivity contribution in [1.29, 1.82) is 0 Å². The zero-order valence-electron chi connectivity index (χ0n) is 11.4. The highest BCUT2D eigenvalue weighted by atomic mass is 35.5. The van der Waals surface area contributed by atoms with Gasteiger partial charge in [-0.25, -0.2) is 0 Å².